The van der Waals surface area contributed by atoms with E-state index in [4.69, 9.17) is 23.6 Å². The molecule has 0 aliphatic carbocycles. The molecule has 1 N–H and O–H groups in total. The van der Waals surface area contributed by atoms with Crippen LogP contribution in [0.25, 0.3) is 0 Å². The highest BCUT2D eigenvalue weighted by molar-refractivity contribution is 6.43. The normalized spacial score (nSPS) is 35.0. The number of methoxy groups -OCH3 is 2. The highest BCUT2D eigenvalue weighted by atomic mass is 16.8. The molecule has 0 saturated carbocycles. The monoisotopic (exact) mass is 308 g/mol. The highest BCUT2D eigenvalue weighted by Crippen LogP contribution is 2.48. The van der Waals surface area contributed by atoms with Crippen molar-refractivity contribution in [3.05, 3.63) is 35.9 Å². The molecule has 120 valence electrons. The molecule has 2 aliphatic heterocycles. The number of fused-ring (bicyclic) bond motifs is 1. The van der Waals surface area contributed by atoms with Crippen molar-refractivity contribution in [1.82, 2.24) is 0 Å². The molecule has 2 fully saturated rings. The number of hydrogen-bond acceptors (Lipinski definition) is 6. The molecule has 6 nitrogen and oxygen atoms in total. The molecule has 0 radical (unpaired) electrons. The van der Waals surface area contributed by atoms with Crippen LogP contribution in [-0.2, 0) is 23.6 Å². The average molecular weight is 308 g/mol. The minimum Gasteiger partial charge on any atom is -0.427 e. The Kier molecular flexibility index (Phi) is 4.54. The van der Waals surface area contributed by atoms with Crippen LogP contribution >= 0.6 is 0 Å². The van der Waals surface area contributed by atoms with Crippen LogP contribution in [0.15, 0.2) is 30.3 Å². The maximum Gasteiger partial charge on any atom is 0.457 e. The lowest BCUT2D eigenvalue weighted by Gasteiger charge is -2.41. The molecule has 2 saturated heterocycles. The smallest absolute Gasteiger partial charge is 0.427 e. The summed E-state index contributed by atoms with van der Waals surface area (Å²) in [5.74, 6) is 0. The first-order valence-electron chi connectivity index (χ1n) is 7.36. The van der Waals surface area contributed by atoms with Gasteiger partial charge >= 0.3 is 7.12 Å². The van der Waals surface area contributed by atoms with Crippen LogP contribution in [0.1, 0.15) is 18.6 Å². The van der Waals surface area contributed by atoms with Gasteiger partial charge in [0.1, 0.15) is 5.60 Å². The summed E-state index contributed by atoms with van der Waals surface area (Å²) in [7, 11) is 2.17. The fraction of sp³-hybridized carbons (Fsp3) is 0.600. The van der Waals surface area contributed by atoms with Crippen LogP contribution in [-0.4, -0.2) is 50.6 Å². The Hall–Kier alpha value is -0.955. The molecule has 2 heterocycles. The second kappa shape index (κ2) is 6.27. The van der Waals surface area contributed by atoms with Crippen LogP contribution in [0.2, 0.25) is 6.32 Å². The third kappa shape index (κ3) is 2.69. The van der Waals surface area contributed by atoms with Crippen molar-refractivity contribution < 1.29 is 28.6 Å². The molecule has 4 atom stereocenters. The number of hydrogen-bond donors (Lipinski definition) is 1. The third-order valence-corrected chi connectivity index (χ3v) is 4.33. The van der Waals surface area contributed by atoms with Crippen LogP contribution in [0.5, 0.6) is 0 Å². The van der Waals surface area contributed by atoms with Crippen LogP contribution in [0.3, 0.4) is 0 Å². The largest absolute Gasteiger partial charge is 0.457 e. The first-order chi connectivity index (χ1) is 10.6. The highest BCUT2D eigenvalue weighted by Gasteiger charge is 2.58. The van der Waals surface area contributed by atoms with Crippen molar-refractivity contribution in [2.45, 2.75) is 43.6 Å². The van der Waals surface area contributed by atoms with E-state index in [2.05, 4.69) is 0 Å². The molecule has 2 aliphatic rings. The van der Waals surface area contributed by atoms with Gasteiger partial charge in [0.05, 0.1) is 12.2 Å². The van der Waals surface area contributed by atoms with Gasteiger partial charge in [-0.1, -0.05) is 30.3 Å². The lowest BCUT2D eigenvalue weighted by molar-refractivity contribution is -0.248. The van der Waals surface area contributed by atoms with Gasteiger partial charge in [-0.15, -0.1) is 0 Å². The van der Waals surface area contributed by atoms with Crippen LogP contribution in [0.4, 0.5) is 0 Å². The zero-order valence-corrected chi connectivity index (χ0v) is 13.0. The Morgan fingerprint density at radius 3 is 2.59 bits per heavy atom. The van der Waals surface area contributed by atoms with E-state index in [1.165, 1.54) is 14.2 Å². The van der Waals surface area contributed by atoms with Crippen molar-refractivity contribution in [3.8, 4) is 0 Å². The van der Waals surface area contributed by atoms with E-state index in [0.717, 1.165) is 5.56 Å². The fourth-order valence-electron chi connectivity index (χ4n) is 3.18. The Morgan fingerprint density at radius 1 is 1.27 bits per heavy atom. The van der Waals surface area contributed by atoms with Crippen LogP contribution in [0, 0.1) is 0 Å². The van der Waals surface area contributed by atoms with E-state index in [0.29, 0.717) is 6.32 Å². The quantitative estimate of drug-likeness (QED) is 0.669. The summed E-state index contributed by atoms with van der Waals surface area (Å²) in [6, 6.07) is 9.69. The molecule has 7 heteroatoms. The number of rotatable bonds is 4. The molecular weight excluding hydrogens is 287 g/mol. The maximum atomic E-state index is 10.0. The SMILES string of the molecule is COC(OC)C1O[C@H]2CB(O)O[C@@H](c3ccccc3)[C@@]2(C)O1. The standard InChI is InChI=1S/C15H21BO6/c1-15-11(20-14(21-15)13(18-2)19-3)9-16(17)22-12(15)10-7-5-4-6-8-10/h4-8,11-14,17H,9H2,1-3H3/t11-,12-,14?,15-/m0/s1. The topological polar surface area (TPSA) is 66.4 Å². The van der Waals surface area contributed by atoms with Gasteiger partial charge in [0, 0.05) is 20.5 Å². The van der Waals surface area contributed by atoms with Gasteiger partial charge in [-0.25, -0.2) is 0 Å². The Balaban J connectivity index is 1.89. The number of benzene rings is 1. The summed E-state index contributed by atoms with van der Waals surface area (Å²) in [6.07, 6.45) is -1.68. The maximum absolute atomic E-state index is 10.0. The minimum absolute atomic E-state index is 0.306. The molecule has 22 heavy (non-hydrogen) atoms. The lowest BCUT2D eigenvalue weighted by atomic mass is 9.69. The first-order valence-corrected chi connectivity index (χ1v) is 7.36. The summed E-state index contributed by atoms with van der Waals surface area (Å²) in [5, 5.41) is 10.0. The molecule has 0 aromatic heterocycles. The first kappa shape index (κ1) is 15.9. The van der Waals surface area contributed by atoms with E-state index in [-0.39, 0.29) is 6.10 Å². The average Bonchev–Trinajstić information content (AvgIpc) is 2.86. The summed E-state index contributed by atoms with van der Waals surface area (Å²) in [4.78, 5) is 0. The Morgan fingerprint density at radius 2 is 1.95 bits per heavy atom. The predicted octanol–water partition coefficient (Wildman–Crippen LogP) is 1.36. The molecule has 1 aromatic carbocycles. The van der Waals surface area contributed by atoms with Crippen LogP contribution < -0.4 is 0 Å². The Labute approximate surface area is 130 Å². The molecule has 0 spiro atoms. The van der Waals surface area contributed by atoms with E-state index < -0.39 is 31.4 Å². The van der Waals surface area contributed by atoms with E-state index >= 15 is 0 Å². The van der Waals surface area contributed by atoms with Gasteiger partial charge in [-0.2, -0.15) is 0 Å². The molecule has 1 unspecified atom stereocenters. The number of ether oxygens (including phenoxy) is 4. The molecule has 3 rings (SSSR count). The second-order valence-corrected chi connectivity index (χ2v) is 5.75. The molecule has 0 bridgehead atoms. The third-order valence-electron chi connectivity index (χ3n) is 4.33. The minimum atomic E-state index is -0.894. The van der Waals surface area contributed by atoms with Gasteiger partial charge in [-0.05, 0) is 12.5 Å². The van der Waals surface area contributed by atoms with Crippen molar-refractivity contribution in [1.29, 1.82) is 0 Å². The van der Waals surface area contributed by atoms with Crippen molar-refractivity contribution >= 4 is 7.12 Å². The Bertz CT molecular complexity index is 496. The van der Waals surface area contributed by atoms with E-state index in [1.807, 2.05) is 37.3 Å². The van der Waals surface area contributed by atoms with Crippen molar-refractivity contribution in [3.63, 3.8) is 0 Å². The van der Waals surface area contributed by atoms with E-state index in [1.54, 1.807) is 0 Å². The second-order valence-electron chi connectivity index (χ2n) is 5.75. The summed E-state index contributed by atoms with van der Waals surface area (Å²) < 4.78 is 28.2. The van der Waals surface area contributed by atoms with Gasteiger partial charge in [0.25, 0.3) is 0 Å². The summed E-state index contributed by atoms with van der Waals surface area (Å²) >= 11 is 0. The van der Waals surface area contributed by atoms with E-state index in [9.17, 15) is 5.02 Å². The molecule has 1 aromatic rings. The predicted molar refractivity (Wildman–Crippen MR) is 79.0 cm³/mol. The zero-order valence-electron chi connectivity index (χ0n) is 13.0. The van der Waals surface area contributed by atoms with Gasteiger partial charge in [0.2, 0.25) is 12.6 Å². The van der Waals surface area contributed by atoms with Gasteiger partial charge < -0.3 is 28.6 Å². The van der Waals surface area contributed by atoms with Crippen molar-refractivity contribution in [2.24, 2.45) is 0 Å². The van der Waals surface area contributed by atoms with Gasteiger partial charge in [0.15, 0.2) is 0 Å². The van der Waals surface area contributed by atoms with Gasteiger partial charge in [-0.3, -0.25) is 0 Å². The lowest BCUT2D eigenvalue weighted by Crippen LogP contribution is -2.52. The summed E-state index contributed by atoms with van der Waals surface area (Å²) in [5.41, 5.74) is 0.213. The molecular formula is C15H21BO6. The summed E-state index contributed by atoms with van der Waals surface area (Å²) in [6.45, 7) is 1.93. The zero-order chi connectivity index (χ0) is 15.7. The van der Waals surface area contributed by atoms with Crippen molar-refractivity contribution in [2.75, 3.05) is 14.2 Å². The molecule has 0 amide bonds. The fourth-order valence-corrected chi connectivity index (χ4v) is 3.18.